The Labute approximate surface area is 156 Å². The number of rotatable bonds is 5. The number of nitrogens with zero attached hydrogens (tertiary/aromatic N) is 2. The second kappa shape index (κ2) is 7.70. The molecular formula is C20H20ClN3O2. The fourth-order valence-corrected chi connectivity index (χ4v) is 3.15. The minimum Gasteiger partial charge on any atom is -0.349 e. The van der Waals surface area contributed by atoms with E-state index in [0.717, 1.165) is 12.0 Å². The van der Waals surface area contributed by atoms with Crippen molar-refractivity contribution in [3.05, 3.63) is 75.2 Å². The maximum Gasteiger partial charge on any atom is 0.274 e. The molecule has 0 bridgehead atoms. The van der Waals surface area contributed by atoms with Gasteiger partial charge in [0.1, 0.15) is 0 Å². The molecule has 3 rings (SSSR count). The molecule has 3 aromatic rings. The van der Waals surface area contributed by atoms with E-state index in [4.69, 9.17) is 11.6 Å². The van der Waals surface area contributed by atoms with Crippen molar-refractivity contribution in [1.82, 2.24) is 15.1 Å². The number of carbonyl (C=O) groups excluding carboxylic acids is 1. The van der Waals surface area contributed by atoms with Gasteiger partial charge in [-0.05, 0) is 30.2 Å². The largest absolute Gasteiger partial charge is 0.349 e. The van der Waals surface area contributed by atoms with Gasteiger partial charge in [0, 0.05) is 17.5 Å². The summed E-state index contributed by atoms with van der Waals surface area (Å²) in [4.78, 5) is 24.8. The Morgan fingerprint density at radius 2 is 1.81 bits per heavy atom. The smallest absolute Gasteiger partial charge is 0.274 e. The molecule has 134 valence electrons. The molecule has 0 saturated carbocycles. The molecule has 1 unspecified atom stereocenters. The van der Waals surface area contributed by atoms with Crippen molar-refractivity contribution >= 4 is 28.3 Å². The zero-order chi connectivity index (χ0) is 18.7. The summed E-state index contributed by atoms with van der Waals surface area (Å²) >= 11 is 5.93. The fourth-order valence-electron chi connectivity index (χ4n) is 3.02. The van der Waals surface area contributed by atoms with E-state index in [1.54, 1.807) is 19.2 Å². The zero-order valence-corrected chi connectivity index (χ0v) is 15.5. The van der Waals surface area contributed by atoms with Gasteiger partial charge in [0.15, 0.2) is 0 Å². The van der Waals surface area contributed by atoms with Crippen molar-refractivity contribution in [2.45, 2.75) is 25.8 Å². The van der Waals surface area contributed by atoms with Crippen LogP contribution in [0.2, 0.25) is 5.02 Å². The molecule has 0 aliphatic heterocycles. The molecule has 2 aromatic carbocycles. The van der Waals surface area contributed by atoms with Gasteiger partial charge in [-0.3, -0.25) is 9.59 Å². The van der Waals surface area contributed by atoms with Crippen LogP contribution < -0.4 is 10.9 Å². The number of amides is 1. The third-order valence-corrected chi connectivity index (χ3v) is 4.63. The van der Waals surface area contributed by atoms with E-state index in [1.165, 1.54) is 4.68 Å². The number of aryl methyl sites for hydroxylation is 1. The van der Waals surface area contributed by atoms with Crippen molar-refractivity contribution in [3.63, 3.8) is 0 Å². The highest BCUT2D eigenvalue weighted by Crippen LogP contribution is 2.20. The predicted molar refractivity (Wildman–Crippen MR) is 103 cm³/mol. The van der Waals surface area contributed by atoms with Crippen LogP contribution in [0.15, 0.2) is 53.3 Å². The lowest BCUT2D eigenvalue weighted by Gasteiger charge is -2.18. The number of carbonyl (C=O) groups is 1. The van der Waals surface area contributed by atoms with Crippen molar-refractivity contribution < 1.29 is 4.79 Å². The average molecular weight is 370 g/mol. The second-order valence-electron chi connectivity index (χ2n) is 6.18. The van der Waals surface area contributed by atoms with Crippen LogP contribution in [0.4, 0.5) is 0 Å². The van der Waals surface area contributed by atoms with E-state index in [-0.39, 0.29) is 23.9 Å². The summed E-state index contributed by atoms with van der Waals surface area (Å²) in [7, 11) is 1.60. The highest BCUT2D eigenvalue weighted by molar-refractivity contribution is 6.30. The summed E-state index contributed by atoms with van der Waals surface area (Å²) in [5.74, 6) is -0.136. The Bertz CT molecular complexity index is 996. The molecule has 1 heterocycles. The Kier molecular flexibility index (Phi) is 5.38. The van der Waals surface area contributed by atoms with Crippen molar-refractivity contribution in [1.29, 1.82) is 0 Å². The van der Waals surface area contributed by atoms with Gasteiger partial charge in [0.2, 0.25) is 5.91 Å². The fraction of sp³-hybridized carbons (Fsp3) is 0.250. The molecular weight excluding hydrogens is 350 g/mol. The summed E-state index contributed by atoms with van der Waals surface area (Å²) in [5, 5.41) is 9.27. The molecule has 6 heteroatoms. The molecule has 1 amide bonds. The van der Waals surface area contributed by atoms with E-state index in [1.807, 2.05) is 43.3 Å². The van der Waals surface area contributed by atoms with Gasteiger partial charge in [0.05, 0.1) is 23.5 Å². The van der Waals surface area contributed by atoms with Crippen LogP contribution in [-0.2, 0) is 18.3 Å². The van der Waals surface area contributed by atoms with E-state index in [0.29, 0.717) is 21.5 Å². The molecule has 0 aliphatic carbocycles. The molecule has 0 radical (unpaired) electrons. The first-order valence-electron chi connectivity index (χ1n) is 8.49. The lowest BCUT2D eigenvalue weighted by Crippen LogP contribution is -2.31. The summed E-state index contributed by atoms with van der Waals surface area (Å²) in [6.45, 7) is 2.01. The minimum absolute atomic E-state index is 0.0986. The summed E-state index contributed by atoms with van der Waals surface area (Å²) < 4.78 is 1.28. The SMILES string of the molecule is CCC(NC(=O)Cc1nn(C)c(=O)c2ccccc12)c1ccc(Cl)cc1. The van der Waals surface area contributed by atoms with Crippen LogP contribution in [0, 0.1) is 0 Å². The zero-order valence-electron chi connectivity index (χ0n) is 14.7. The van der Waals surface area contributed by atoms with Crippen LogP contribution in [0.3, 0.4) is 0 Å². The van der Waals surface area contributed by atoms with E-state index in [9.17, 15) is 9.59 Å². The number of halogens is 1. The van der Waals surface area contributed by atoms with Crippen molar-refractivity contribution in [2.24, 2.45) is 7.05 Å². The topological polar surface area (TPSA) is 64.0 Å². The first-order valence-corrected chi connectivity index (χ1v) is 8.87. The Morgan fingerprint density at radius 3 is 2.46 bits per heavy atom. The first-order chi connectivity index (χ1) is 12.5. The highest BCUT2D eigenvalue weighted by atomic mass is 35.5. The van der Waals surface area contributed by atoms with Crippen LogP contribution in [0.25, 0.3) is 10.8 Å². The number of hydrogen-bond donors (Lipinski definition) is 1. The Hall–Kier alpha value is -2.66. The normalized spacial score (nSPS) is 12.1. The maximum atomic E-state index is 12.6. The number of hydrogen-bond acceptors (Lipinski definition) is 3. The van der Waals surface area contributed by atoms with Gasteiger partial charge in [-0.15, -0.1) is 0 Å². The molecule has 0 spiro atoms. The Balaban J connectivity index is 1.84. The first kappa shape index (κ1) is 18.1. The minimum atomic E-state index is -0.169. The number of fused-ring (bicyclic) bond motifs is 1. The van der Waals surface area contributed by atoms with Gasteiger partial charge < -0.3 is 5.32 Å². The third kappa shape index (κ3) is 3.78. The molecule has 1 atom stereocenters. The number of aromatic nitrogens is 2. The van der Waals surface area contributed by atoms with E-state index < -0.39 is 0 Å². The van der Waals surface area contributed by atoms with Gasteiger partial charge in [-0.1, -0.05) is 48.9 Å². The van der Waals surface area contributed by atoms with Gasteiger partial charge in [0.25, 0.3) is 5.56 Å². The number of nitrogens with one attached hydrogen (secondary N) is 1. The molecule has 5 nitrogen and oxygen atoms in total. The van der Waals surface area contributed by atoms with E-state index >= 15 is 0 Å². The Morgan fingerprint density at radius 1 is 1.15 bits per heavy atom. The van der Waals surface area contributed by atoms with Gasteiger partial charge >= 0.3 is 0 Å². The highest BCUT2D eigenvalue weighted by Gasteiger charge is 2.16. The maximum absolute atomic E-state index is 12.6. The predicted octanol–water partition coefficient (Wildman–Crippen LogP) is 3.40. The van der Waals surface area contributed by atoms with Gasteiger partial charge in [-0.2, -0.15) is 5.10 Å². The lowest BCUT2D eigenvalue weighted by molar-refractivity contribution is -0.121. The molecule has 0 saturated heterocycles. The average Bonchev–Trinajstić information content (AvgIpc) is 2.65. The molecule has 0 fully saturated rings. The van der Waals surface area contributed by atoms with Crippen molar-refractivity contribution in [3.8, 4) is 0 Å². The van der Waals surface area contributed by atoms with Crippen molar-refractivity contribution in [2.75, 3.05) is 0 Å². The summed E-state index contributed by atoms with van der Waals surface area (Å²) in [6, 6.07) is 14.6. The summed E-state index contributed by atoms with van der Waals surface area (Å²) in [5.41, 5.74) is 1.42. The number of benzene rings is 2. The molecule has 1 N–H and O–H groups in total. The van der Waals surface area contributed by atoms with Gasteiger partial charge in [-0.25, -0.2) is 4.68 Å². The standard InChI is InChI=1S/C20H20ClN3O2/c1-3-17(13-8-10-14(21)11-9-13)22-19(25)12-18-15-6-4-5-7-16(15)20(26)24(2)23-18/h4-11,17H,3,12H2,1-2H3,(H,22,25). The lowest BCUT2D eigenvalue weighted by atomic mass is 10.0. The van der Waals surface area contributed by atoms with Crippen LogP contribution in [-0.4, -0.2) is 15.7 Å². The second-order valence-corrected chi connectivity index (χ2v) is 6.61. The van der Waals surface area contributed by atoms with E-state index in [2.05, 4.69) is 10.4 Å². The van der Waals surface area contributed by atoms with Crippen LogP contribution in [0.1, 0.15) is 30.6 Å². The van der Waals surface area contributed by atoms with Crippen LogP contribution >= 0.6 is 11.6 Å². The third-order valence-electron chi connectivity index (χ3n) is 4.38. The molecule has 0 aliphatic rings. The molecule has 1 aromatic heterocycles. The summed E-state index contributed by atoms with van der Waals surface area (Å²) in [6.07, 6.45) is 0.869. The van der Waals surface area contributed by atoms with Crippen LogP contribution in [0.5, 0.6) is 0 Å². The molecule has 26 heavy (non-hydrogen) atoms. The monoisotopic (exact) mass is 369 g/mol. The quantitative estimate of drug-likeness (QED) is 0.749.